The summed E-state index contributed by atoms with van der Waals surface area (Å²) in [5.74, 6) is -1.02. The molecule has 0 amide bonds. The van der Waals surface area contributed by atoms with Crippen LogP contribution in [0.4, 0.5) is 22.0 Å². The highest BCUT2D eigenvalue weighted by Gasteiger charge is 2.39. The molecule has 2 aromatic heterocycles. The molecule has 0 spiro atoms. The van der Waals surface area contributed by atoms with E-state index in [0.29, 0.717) is 30.1 Å². The monoisotopic (exact) mass is 534 g/mol. The summed E-state index contributed by atoms with van der Waals surface area (Å²) in [7, 11) is -4.56. The Kier molecular flexibility index (Phi) is 6.79. The van der Waals surface area contributed by atoms with Crippen LogP contribution < -0.4 is 4.72 Å². The van der Waals surface area contributed by atoms with Crippen LogP contribution in [0.5, 0.6) is 0 Å². The van der Waals surface area contributed by atoms with E-state index in [-0.39, 0.29) is 22.3 Å². The molecule has 0 bridgehead atoms. The summed E-state index contributed by atoms with van der Waals surface area (Å²) in [5, 5.41) is 10.2. The molecule has 2 aromatic carbocycles. The molecule has 0 aliphatic rings. The van der Waals surface area contributed by atoms with Crippen LogP contribution in [0.2, 0.25) is 0 Å². The van der Waals surface area contributed by atoms with Gasteiger partial charge in [0.1, 0.15) is 28.6 Å². The standard InChI is InChI=1S/C25H19F5N4O2S/c1-3-15-10-23-19(11-21(15)27)20(12-31)24(34(23)17-6-4-16(26)5-7-17)22-9-8-18(13-32-22)37(35,36)33-14(2)25(28,29)30/h4-11,13-14,33H,3H2,1-2H3. The fraction of sp³-hybridized carbons (Fsp3) is 0.200. The molecule has 0 saturated carbocycles. The number of aromatic nitrogens is 2. The van der Waals surface area contributed by atoms with Gasteiger partial charge in [-0.05, 0) is 67.4 Å². The normalized spacial score (nSPS) is 13.0. The smallest absolute Gasteiger partial charge is 0.307 e. The van der Waals surface area contributed by atoms with Crippen molar-refractivity contribution in [2.24, 2.45) is 0 Å². The molecule has 2 heterocycles. The van der Waals surface area contributed by atoms with Gasteiger partial charge in [0.25, 0.3) is 0 Å². The van der Waals surface area contributed by atoms with E-state index in [2.05, 4.69) is 4.98 Å². The van der Waals surface area contributed by atoms with Crippen molar-refractivity contribution >= 4 is 20.9 Å². The highest BCUT2D eigenvalue weighted by molar-refractivity contribution is 7.89. The van der Waals surface area contributed by atoms with Gasteiger partial charge in [0.2, 0.25) is 10.0 Å². The SMILES string of the molecule is CCc1cc2c(cc1F)c(C#N)c(-c1ccc(S(=O)(=O)NC(C)C(F)(F)F)cn1)n2-c1ccc(F)cc1. The lowest BCUT2D eigenvalue weighted by Crippen LogP contribution is -2.42. The zero-order valence-corrected chi connectivity index (χ0v) is 20.3. The first-order valence-electron chi connectivity index (χ1n) is 11.0. The van der Waals surface area contributed by atoms with Crippen molar-refractivity contribution in [2.75, 3.05) is 0 Å². The van der Waals surface area contributed by atoms with Gasteiger partial charge in [0.15, 0.2) is 0 Å². The molecule has 12 heteroatoms. The maximum Gasteiger partial charge on any atom is 0.404 e. The number of alkyl halides is 3. The summed E-state index contributed by atoms with van der Waals surface area (Å²) in [6, 6.07) is 10.1. The summed E-state index contributed by atoms with van der Waals surface area (Å²) in [6.45, 7) is 2.43. The van der Waals surface area contributed by atoms with E-state index >= 15 is 0 Å². The molecule has 1 atom stereocenters. The van der Waals surface area contributed by atoms with Crippen LogP contribution >= 0.6 is 0 Å². The topological polar surface area (TPSA) is 87.8 Å². The first-order valence-corrected chi connectivity index (χ1v) is 12.4. The first kappa shape index (κ1) is 26.2. The number of pyridine rings is 1. The predicted octanol–water partition coefficient (Wildman–Crippen LogP) is 5.63. The Morgan fingerprint density at radius 1 is 1.11 bits per heavy atom. The number of nitrogens with one attached hydrogen (secondary N) is 1. The second-order valence-electron chi connectivity index (χ2n) is 8.23. The van der Waals surface area contributed by atoms with Gasteiger partial charge in [-0.15, -0.1) is 0 Å². The Balaban J connectivity index is 1.92. The summed E-state index contributed by atoms with van der Waals surface area (Å²) < 4.78 is 94.9. The maximum absolute atomic E-state index is 14.7. The molecular formula is C25H19F5N4O2S. The van der Waals surface area contributed by atoms with Crippen molar-refractivity contribution in [1.82, 2.24) is 14.3 Å². The average Bonchev–Trinajstić information content (AvgIpc) is 3.16. The number of benzene rings is 2. The molecule has 0 radical (unpaired) electrons. The van der Waals surface area contributed by atoms with Crippen LogP contribution in [-0.2, 0) is 16.4 Å². The van der Waals surface area contributed by atoms with Crippen molar-refractivity contribution in [1.29, 1.82) is 5.26 Å². The minimum absolute atomic E-state index is 0.0350. The van der Waals surface area contributed by atoms with E-state index in [1.807, 2.05) is 6.07 Å². The summed E-state index contributed by atoms with van der Waals surface area (Å²) >= 11 is 0. The zero-order chi connectivity index (χ0) is 27.1. The van der Waals surface area contributed by atoms with Crippen molar-refractivity contribution in [3.05, 3.63) is 77.5 Å². The maximum atomic E-state index is 14.7. The minimum Gasteiger partial charge on any atom is -0.307 e. The van der Waals surface area contributed by atoms with Crippen molar-refractivity contribution in [3.8, 4) is 23.1 Å². The highest BCUT2D eigenvalue weighted by Crippen LogP contribution is 2.37. The molecule has 0 aliphatic carbocycles. The third kappa shape index (κ3) is 4.92. The molecule has 4 rings (SSSR count). The molecule has 192 valence electrons. The van der Waals surface area contributed by atoms with Crippen LogP contribution in [0.3, 0.4) is 0 Å². The molecule has 0 fully saturated rings. The third-order valence-corrected chi connectivity index (χ3v) is 7.35. The predicted molar refractivity (Wildman–Crippen MR) is 126 cm³/mol. The number of sulfonamides is 1. The largest absolute Gasteiger partial charge is 0.404 e. The lowest BCUT2D eigenvalue weighted by atomic mass is 10.1. The van der Waals surface area contributed by atoms with Crippen LogP contribution in [0, 0.1) is 23.0 Å². The van der Waals surface area contributed by atoms with Gasteiger partial charge in [-0.25, -0.2) is 17.2 Å². The lowest BCUT2D eigenvalue weighted by molar-refractivity contribution is -0.147. The van der Waals surface area contributed by atoms with Crippen molar-refractivity contribution < 1.29 is 30.4 Å². The summed E-state index contributed by atoms with van der Waals surface area (Å²) in [4.78, 5) is 3.60. The van der Waals surface area contributed by atoms with Gasteiger partial charge < -0.3 is 4.57 Å². The van der Waals surface area contributed by atoms with E-state index < -0.39 is 38.8 Å². The number of nitrogens with zero attached hydrogens (tertiary/aromatic N) is 3. The summed E-state index contributed by atoms with van der Waals surface area (Å²) in [6.07, 6.45) is -3.56. The Bertz CT molecular complexity index is 1620. The fourth-order valence-electron chi connectivity index (χ4n) is 3.88. The number of hydrogen-bond donors (Lipinski definition) is 1. The Morgan fingerprint density at radius 2 is 1.78 bits per heavy atom. The highest BCUT2D eigenvalue weighted by atomic mass is 32.2. The Morgan fingerprint density at radius 3 is 2.32 bits per heavy atom. The quantitative estimate of drug-likeness (QED) is 0.325. The van der Waals surface area contributed by atoms with Crippen LogP contribution in [-0.4, -0.2) is 30.2 Å². The third-order valence-electron chi connectivity index (χ3n) is 5.83. The van der Waals surface area contributed by atoms with Gasteiger partial charge in [0, 0.05) is 17.3 Å². The molecule has 0 aliphatic heterocycles. The molecule has 4 aromatic rings. The van der Waals surface area contributed by atoms with E-state index in [4.69, 9.17) is 0 Å². The number of nitriles is 1. The van der Waals surface area contributed by atoms with Crippen molar-refractivity contribution in [2.45, 2.75) is 37.4 Å². The van der Waals surface area contributed by atoms with Gasteiger partial charge >= 0.3 is 6.18 Å². The van der Waals surface area contributed by atoms with Crippen LogP contribution in [0.15, 0.2) is 59.6 Å². The molecule has 6 nitrogen and oxygen atoms in total. The molecule has 0 saturated heterocycles. The van der Waals surface area contributed by atoms with E-state index in [9.17, 15) is 35.6 Å². The van der Waals surface area contributed by atoms with Gasteiger partial charge in [-0.1, -0.05) is 6.92 Å². The lowest BCUT2D eigenvalue weighted by Gasteiger charge is -2.17. The average molecular weight is 535 g/mol. The Labute approximate surface area is 209 Å². The Hall–Kier alpha value is -3.82. The number of hydrogen-bond acceptors (Lipinski definition) is 4. The first-order chi connectivity index (χ1) is 17.4. The zero-order valence-electron chi connectivity index (χ0n) is 19.4. The van der Waals surface area contributed by atoms with E-state index in [1.165, 1.54) is 36.4 Å². The second-order valence-corrected chi connectivity index (χ2v) is 9.94. The number of halogens is 5. The summed E-state index contributed by atoms with van der Waals surface area (Å²) in [5.41, 5.74) is 1.55. The molecule has 1 unspecified atom stereocenters. The van der Waals surface area contributed by atoms with Gasteiger partial charge in [-0.3, -0.25) is 4.98 Å². The number of aryl methyl sites for hydroxylation is 1. The van der Waals surface area contributed by atoms with Crippen LogP contribution in [0.1, 0.15) is 25.0 Å². The number of rotatable bonds is 6. The second kappa shape index (κ2) is 9.57. The molecule has 1 N–H and O–H groups in total. The van der Waals surface area contributed by atoms with E-state index in [0.717, 1.165) is 12.3 Å². The van der Waals surface area contributed by atoms with Gasteiger partial charge in [0.05, 0.1) is 22.5 Å². The van der Waals surface area contributed by atoms with Gasteiger partial charge in [-0.2, -0.15) is 23.2 Å². The minimum atomic E-state index is -4.79. The molecular weight excluding hydrogens is 515 g/mol. The van der Waals surface area contributed by atoms with Crippen LogP contribution in [0.25, 0.3) is 28.0 Å². The van der Waals surface area contributed by atoms with E-state index in [1.54, 1.807) is 22.3 Å². The fourth-order valence-corrected chi connectivity index (χ4v) is 5.06. The number of fused-ring (bicyclic) bond motifs is 1. The van der Waals surface area contributed by atoms with Crippen molar-refractivity contribution in [3.63, 3.8) is 0 Å². The molecule has 37 heavy (non-hydrogen) atoms.